The number of aromatic nitrogens is 3. The molecule has 1 unspecified atom stereocenters. The minimum Gasteiger partial charge on any atom is -0.507 e. The van der Waals surface area contributed by atoms with Crippen LogP contribution in [-0.4, -0.2) is 66.2 Å². The molecular weight excluding hydrogens is 911 g/mol. The Morgan fingerprint density at radius 1 is 0.671 bits per heavy atom. The lowest BCUT2D eigenvalue weighted by Gasteiger charge is -2.19. The number of unbranched alkanes of at least 4 members (excludes halogenated alkanes) is 10. The topological polar surface area (TPSA) is 133 Å². The molecule has 0 fully saturated rings. The maximum atomic E-state index is 13.2. The van der Waals surface area contributed by atoms with Crippen LogP contribution in [0, 0.1) is 17.3 Å². The minimum absolute atomic E-state index is 0.0221. The van der Waals surface area contributed by atoms with Crippen LogP contribution in [0.5, 0.6) is 17.2 Å². The fourth-order valence-corrected chi connectivity index (χ4v) is 7.35. The highest BCUT2D eigenvalue weighted by atomic mass is 16.5. The molecule has 2 N–H and O–H groups in total. The van der Waals surface area contributed by atoms with Crippen molar-refractivity contribution in [2.75, 3.05) is 35.0 Å². The summed E-state index contributed by atoms with van der Waals surface area (Å²) in [4.78, 5) is 27.1. The SMILES string of the molecule is C/C=C(\C)OC.C=CC.CC.CC.CC(C)CC(C)(C)C.CCCCCCCCCC(CCCCCCC)COC(=O)c1ccc(-c2nc(-c3ccccc3O)nc(-c3ccc(OC)cc3O)n2)cc1.COC. The first-order valence-corrected chi connectivity index (χ1v) is 27.3. The molecule has 1 aromatic heterocycles. The molecule has 0 aliphatic carbocycles. The Morgan fingerprint density at radius 3 is 1.51 bits per heavy atom. The normalized spacial score (nSPS) is 10.8. The van der Waals surface area contributed by atoms with E-state index in [1.807, 2.05) is 54.5 Å². The molecule has 73 heavy (non-hydrogen) atoms. The smallest absolute Gasteiger partial charge is 0.338 e. The Kier molecular flexibility index (Phi) is 45.9. The molecule has 0 bridgehead atoms. The molecule has 0 saturated carbocycles. The highest BCUT2D eigenvalue weighted by molar-refractivity contribution is 5.90. The van der Waals surface area contributed by atoms with Gasteiger partial charge in [-0.15, -0.1) is 6.58 Å². The van der Waals surface area contributed by atoms with Crippen LogP contribution in [0.2, 0.25) is 0 Å². The maximum absolute atomic E-state index is 13.2. The number of para-hydroxylation sites is 1. The van der Waals surface area contributed by atoms with Gasteiger partial charge in [-0.05, 0) is 93.7 Å². The molecule has 10 nitrogen and oxygen atoms in total. The third kappa shape index (κ3) is 35.6. The molecule has 1 atom stereocenters. The number of esters is 1. The van der Waals surface area contributed by atoms with E-state index in [1.54, 1.807) is 88.1 Å². The van der Waals surface area contributed by atoms with E-state index >= 15 is 0 Å². The third-order valence-electron chi connectivity index (χ3n) is 10.7. The number of phenolic OH excluding ortho intramolecular Hbond substituents is 2. The van der Waals surface area contributed by atoms with Crippen LogP contribution in [0.15, 0.2) is 91.2 Å². The Labute approximate surface area is 446 Å². The van der Waals surface area contributed by atoms with Crippen LogP contribution in [-0.2, 0) is 14.2 Å². The predicted octanol–water partition coefficient (Wildman–Crippen LogP) is 18.7. The van der Waals surface area contributed by atoms with Crippen molar-refractivity contribution in [2.24, 2.45) is 17.3 Å². The number of benzene rings is 3. The van der Waals surface area contributed by atoms with E-state index in [1.165, 1.54) is 96.6 Å². The number of nitrogens with zero attached hydrogens (tertiary/aromatic N) is 3. The summed E-state index contributed by atoms with van der Waals surface area (Å²) < 4.78 is 20.1. The zero-order valence-electron chi connectivity index (χ0n) is 49.5. The van der Waals surface area contributed by atoms with Crippen LogP contribution >= 0.6 is 0 Å². The third-order valence-corrected chi connectivity index (χ3v) is 10.7. The van der Waals surface area contributed by atoms with Crippen LogP contribution in [0.25, 0.3) is 34.2 Å². The van der Waals surface area contributed by atoms with Gasteiger partial charge in [-0.1, -0.05) is 190 Å². The second-order valence-electron chi connectivity index (χ2n) is 18.9. The monoisotopic (exact) mass is 1020 g/mol. The first-order valence-electron chi connectivity index (χ1n) is 27.3. The molecule has 3 aromatic carbocycles. The van der Waals surface area contributed by atoms with Crippen LogP contribution < -0.4 is 4.74 Å². The van der Waals surface area contributed by atoms with Crippen molar-refractivity contribution in [2.45, 2.75) is 193 Å². The van der Waals surface area contributed by atoms with Crippen molar-refractivity contribution < 1.29 is 34.0 Å². The molecule has 4 rings (SSSR count). The van der Waals surface area contributed by atoms with E-state index in [0.29, 0.717) is 51.8 Å². The van der Waals surface area contributed by atoms with Crippen molar-refractivity contribution in [3.63, 3.8) is 0 Å². The molecule has 0 aliphatic heterocycles. The average Bonchev–Trinajstić information content (AvgIpc) is 3.38. The number of carbonyl (C=O) groups excluding carboxylic acids is 1. The van der Waals surface area contributed by atoms with Crippen LogP contribution in [0.3, 0.4) is 0 Å². The molecular formula is C63H105N3O7. The van der Waals surface area contributed by atoms with E-state index in [0.717, 1.165) is 24.5 Å². The zero-order chi connectivity index (χ0) is 56.0. The van der Waals surface area contributed by atoms with Gasteiger partial charge in [-0.3, -0.25) is 0 Å². The number of allylic oxidation sites excluding steroid dienone is 3. The molecule has 1 heterocycles. The summed E-state index contributed by atoms with van der Waals surface area (Å²) in [6.07, 6.45) is 22.3. The quantitative estimate of drug-likeness (QED) is 0.0320. The molecule has 414 valence electrons. The predicted molar refractivity (Wildman–Crippen MR) is 313 cm³/mol. The number of hydrogen-bond donors (Lipinski definition) is 2. The summed E-state index contributed by atoms with van der Waals surface area (Å²) in [5.74, 6) is 3.13. The van der Waals surface area contributed by atoms with E-state index in [2.05, 4.69) is 74.7 Å². The lowest BCUT2D eigenvalue weighted by atomic mass is 9.86. The van der Waals surface area contributed by atoms with Crippen molar-refractivity contribution in [1.29, 1.82) is 0 Å². The van der Waals surface area contributed by atoms with Gasteiger partial charge in [0.1, 0.15) is 17.2 Å². The van der Waals surface area contributed by atoms with Gasteiger partial charge in [0, 0.05) is 25.8 Å². The van der Waals surface area contributed by atoms with Gasteiger partial charge in [0.2, 0.25) is 0 Å². The highest BCUT2D eigenvalue weighted by Crippen LogP contribution is 2.34. The van der Waals surface area contributed by atoms with Gasteiger partial charge in [-0.2, -0.15) is 0 Å². The molecule has 0 spiro atoms. The van der Waals surface area contributed by atoms with Gasteiger partial charge in [0.25, 0.3) is 0 Å². The fourth-order valence-electron chi connectivity index (χ4n) is 7.35. The lowest BCUT2D eigenvalue weighted by Crippen LogP contribution is -2.15. The summed E-state index contributed by atoms with van der Waals surface area (Å²) in [5.41, 5.74) is 2.45. The number of carbonyl (C=O) groups is 1. The van der Waals surface area contributed by atoms with Crippen molar-refractivity contribution in [3.05, 3.63) is 96.8 Å². The van der Waals surface area contributed by atoms with Gasteiger partial charge in [0.05, 0.1) is 43.3 Å². The summed E-state index contributed by atoms with van der Waals surface area (Å²) in [5, 5.41) is 21.3. The van der Waals surface area contributed by atoms with Gasteiger partial charge < -0.3 is 29.2 Å². The van der Waals surface area contributed by atoms with Gasteiger partial charge in [0.15, 0.2) is 17.5 Å². The number of aromatic hydroxyl groups is 2. The maximum Gasteiger partial charge on any atom is 0.338 e. The number of hydrogen-bond acceptors (Lipinski definition) is 10. The van der Waals surface area contributed by atoms with E-state index in [-0.39, 0.29) is 29.1 Å². The Balaban J connectivity index is -0.00000170. The first kappa shape index (κ1) is 72.0. The lowest BCUT2D eigenvalue weighted by molar-refractivity contribution is 0.0422. The van der Waals surface area contributed by atoms with Gasteiger partial charge in [-0.25, -0.2) is 19.7 Å². The van der Waals surface area contributed by atoms with Crippen molar-refractivity contribution in [3.8, 4) is 51.4 Å². The van der Waals surface area contributed by atoms with Gasteiger partial charge >= 0.3 is 5.97 Å². The van der Waals surface area contributed by atoms with Crippen LogP contribution in [0.1, 0.15) is 204 Å². The van der Waals surface area contributed by atoms with Crippen LogP contribution in [0.4, 0.5) is 0 Å². The number of phenols is 2. The summed E-state index contributed by atoms with van der Waals surface area (Å²) in [7, 11) is 6.44. The summed E-state index contributed by atoms with van der Waals surface area (Å²) in [6, 6.07) is 18.7. The molecule has 4 aromatic rings. The summed E-state index contributed by atoms with van der Waals surface area (Å²) in [6.45, 7) is 33.4. The second kappa shape index (κ2) is 46.6. The van der Waals surface area contributed by atoms with E-state index in [9.17, 15) is 15.0 Å². The first-order chi connectivity index (χ1) is 35.0. The van der Waals surface area contributed by atoms with E-state index in [4.69, 9.17) is 14.2 Å². The number of ether oxygens (including phenoxy) is 4. The Hall–Kier alpha value is -5.22. The molecule has 0 saturated heterocycles. The standard InChI is InChI=1S/C41H53N3O5.C8H18.C5H10O.C3H6.C2H6O.2C2H6/c1-4-6-8-10-11-13-15-19-30(18-14-12-9-7-5-2)29-49-41(47)32-24-22-31(23-25-32)38-42-39(34-20-16-17-21-36(34)45)44-40(43-38)35-27-26-33(48-3)28-37(35)46;1-7(2)6-8(3,4)5;1-4-5(2)6-3;2*1-3-2;2*1-2/h16-17,20-28,30,45-46H,4-15,18-19,29H2,1-3H3;7H,6H2,1-5H3;4H,1-3H3;3H,1H2,2H3;1-2H3;2*1-2H3/b;;5-4+;;;;. The minimum atomic E-state index is -0.337. The summed E-state index contributed by atoms with van der Waals surface area (Å²) >= 11 is 0. The Morgan fingerprint density at radius 2 is 1.12 bits per heavy atom. The van der Waals surface area contributed by atoms with E-state index < -0.39 is 0 Å². The van der Waals surface area contributed by atoms with Crippen molar-refractivity contribution >= 4 is 5.97 Å². The number of rotatable bonds is 23. The largest absolute Gasteiger partial charge is 0.507 e. The molecule has 10 heteroatoms. The van der Waals surface area contributed by atoms with Crippen molar-refractivity contribution in [1.82, 2.24) is 15.0 Å². The molecule has 0 radical (unpaired) electrons. The molecule has 0 aliphatic rings. The average molecular weight is 1020 g/mol. The second-order valence-corrected chi connectivity index (χ2v) is 18.9. The number of methoxy groups -OCH3 is 3. The fraction of sp³-hybridized carbons (Fsp3) is 0.587. The Bertz CT molecular complexity index is 1970. The zero-order valence-corrected chi connectivity index (χ0v) is 49.5. The highest BCUT2D eigenvalue weighted by Gasteiger charge is 2.19. The molecule has 0 amide bonds.